The van der Waals surface area contributed by atoms with Gasteiger partial charge in [0.1, 0.15) is 11.5 Å². The number of carbonyl (C=O) groups is 1. The maximum atomic E-state index is 12.9. The van der Waals surface area contributed by atoms with E-state index in [1.165, 1.54) is 4.31 Å². The maximum absolute atomic E-state index is 12.9. The van der Waals surface area contributed by atoms with Crippen LogP contribution in [0.3, 0.4) is 0 Å². The smallest absolute Gasteiger partial charge is 0.243 e. The summed E-state index contributed by atoms with van der Waals surface area (Å²) in [5.74, 6) is 1.13. The molecule has 0 aliphatic carbocycles. The Morgan fingerprint density at radius 3 is 2.06 bits per heavy atom. The van der Waals surface area contributed by atoms with Crippen molar-refractivity contribution < 1.29 is 22.7 Å². The van der Waals surface area contributed by atoms with Crippen LogP contribution < -0.4 is 14.8 Å². The molecule has 1 N–H and O–H groups in total. The number of benzene rings is 2. The van der Waals surface area contributed by atoms with E-state index >= 15 is 0 Å². The van der Waals surface area contributed by atoms with Crippen LogP contribution in [0.15, 0.2) is 35.2 Å². The molecule has 2 aromatic carbocycles. The molecule has 0 aromatic heterocycles. The minimum Gasteiger partial charge on any atom is -0.497 e. The molecule has 0 saturated carbocycles. The number of nitrogens with one attached hydrogen (secondary N) is 1. The highest BCUT2D eigenvalue weighted by atomic mass is 32.2. The minimum absolute atomic E-state index is 0.187. The first kappa shape index (κ1) is 24.7. The van der Waals surface area contributed by atoms with Crippen LogP contribution in [0, 0.1) is 13.8 Å². The SMILES string of the molecule is CCN(CC)S(=O)(=O)c1cc(C)c(C)c(NC(=O)CCc2cc(OC)cc(OC)c2)c1. The lowest BCUT2D eigenvalue weighted by atomic mass is 10.1. The summed E-state index contributed by atoms with van der Waals surface area (Å²) in [5, 5.41) is 2.88. The van der Waals surface area contributed by atoms with Crippen LogP contribution in [0.25, 0.3) is 0 Å². The van der Waals surface area contributed by atoms with Crippen molar-refractivity contribution in [2.24, 2.45) is 0 Å². The molecule has 1 amide bonds. The van der Waals surface area contributed by atoms with Gasteiger partial charge >= 0.3 is 0 Å². The van der Waals surface area contributed by atoms with Gasteiger partial charge in [0.25, 0.3) is 0 Å². The van der Waals surface area contributed by atoms with Crippen molar-refractivity contribution in [1.29, 1.82) is 0 Å². The van der Waals surface area contributed by atoms with Crippen molar-refractivity contribution in [3.05, 3.63) is 47.0 Å². The number of sulfonamides is 1. The fourth-order valence-corrected chi connectivity index (χ4v) is 4.87. The third-order valence-corrected chi connectivity index (χ3v) is 7.34. The van der Waals surface area contributed by atoms with E-state index in [1.54, 1.807) is 46.3 Å². The van der Waals surface area contributed by atoms with Crippen LogP contribution >= 0.6 is 0 Å². The van der Waals surface area contributed by atoms with Crippen molar-refractivity contribution in [2.75, 3.05) is 32.6 Å². The summed E-state index contributed by atoms with van der Waals surface area (Å²) >= 11 is 0. The summed E-state index contributed by atoms with van der Waals surface area (Å²) in [7, 11) is -0.457. The molecule has 2 rings (SSSR count). The van der Waals surface area contributed by atoms with Crippen molar-refractivity contribution in [1.82, 2.24) is 4.31 Å². The summed E-state index contributed by atoms with van der Waals surface area (Å²) in [6, 6.07) is 8.70. The van der Waals surface area contributed by atoms with Gasteiger partial charge in [-0.1, -0.05) is 13.8 Å². The average molecular weight is 449 g/mol. The Balaban J connectivity index is 2.21. The van der Waals surface area contributed by atoms with Gasteiger partial charge in [0.15, 0.2) is 0 Å². The van der Waals surface area contributed by atoms with Gasteiger partial charge in [-0.3, -0.25) is 4.79 Å². The quantitative estimate of drug-likeness (QED) is 0.595. The number of rotatable bonds is 10. The van der Waals surface area contributed by atoms with Crippen molar-refractivity contribution >= 4 is 21.6 Å². The molecule has 8 heteroatoms. The number of aryl methyl sites for hydroxylation is 2. The largest absolute Gasteiger partial charge is 0.497 e. The normalized spacial score (nSPS) is 11.5. The summed E-state index contributed by atoms with van der Waals surface area (Å²) in [4.78, 5) is 12.8. The second-order valence-corrected chi connectivity index (χ2v) is 9.21. The molecule has 170 valence electrons. The van der Waals surface area contributed by atoms with E-state index in [4.69, 9.17) is 9.47 Å². The first-order valence-corrected chi connectivity index (χ1v) is 11.7. The topological polar surface area (TPSA) is 84.9 Å². The van der Waals surface area contributed by atoms with Gasteiger partial charge in [0, 0.05) is 31.3 Å². The molecule has 0 aliphatic heterocycles. The second-order valence-electron chi connectivity index (χ2n) is 7.27. The number of nitrogens with zero attached hydrogens (tertiary/aromatic N) is 1. The molecule has 0 aliphatic rings. The summed E-state index contributed by atoms with van der Waals surface area (Å²) < 4.78 is 37.8. The average Bonchev–Trinajstić information content (AvgIpc) is 2.75. The van der Waals surface area contributed by atoms with Crippen molar-refractivity contribution in [3.63, 3.8) is 0 Å². The number of methoxy groups -OCH3 is 2. The van der Waals surface area contributed by atoms with Gasteiger partial charge in [-0.25, -0.2) is 8.42 Å². The zero-order valence-electron chi connectivity index (χ0n) is 19.1. The molecule has 0 fully saturated rings. The molecule has 0 atom stereocenters. The van der Waals surface area contributed by atoms with Gasteiger partial charge in [-0.2, -0.15) is 4.31 Å². The number of ether oxygens (including phenoxy) is 2. The third kappa shape index (κ3) is 5.98. The lowest BCUT2D eigenvalue weighted by molar-refractivity contribution is -0.116. The van der Waals surface area contributed by atoms with E-state index in [2.05, 4.69) is 5.32 Å². The number of hydrogen-bond acceptors (Lipinski definition) is 5. The first-order chi connectivity index (χ1) is 14.7. The minimum atomic E-state index is -3.62. The standard InChI is InChI=1S/C23H32N2O5S/c1-7-25(8-2)31(27,28)21-11-16(3)17(4)22(15-21)24-23(26)10-9-18-12-19(29-5)14-20(13-18)30-6/h11-15H,7-10H2,1-6H3,(H,24,26). The Bertz CT molecular complexity index is 1010. The molecule has 0 bridgehead atoms. The van der Waals surface area contributed by atoms with Crippen LogP contribution in [-0.4, -0.2) is 45.9 Å². The van der Waals surface area contributed by atoms with E-state index in [0.29, 0.717) is 36.7 Å². The van der Waals surface area contributed by atoms with Crippen LogP contribution in [0.2, 0.25) is 0 Å². The summed E-state index contributed by atoms with van der Waals surface area (Å²) in [5.41, 5.74) is 3.08. The Labute approximate surface area is 185 Å². The number of amides is 1. The van der Waals surface area contributed by atoms with E-state index in [0.717, 1.165) is 16.7 Å². The Morgan fingerprint density at radius 2 is 1.55 bits per heavy atom. The zero-order chi connectivity index (χ0) is 23.2. The lowest BCUT2D eigenvalue weighted by Gasteiger charge is -2.20. The fraction of sp³-hybridized carbons (Fsp3) is 0.435. The number of hydrogen-bond donors (Lipinski definition) is 1. The highest BCUT2D eigenvalue weighted by Crippen LogP contribution is 2.27. The molecule has 0 heterocycles. The second kappa shape index (κ2) is 10.6. The van der Waals surface area contributed by atoms with Gasteiger partial charge in [0.2, 0.25) is 15.9 Å². The van der Waals surface area contributed by atoms with Crippen LogP contribution in [0.1, 0.15) is 37.0 Å². The first-order valence-electron chi connectivity index (χ1n) is 10.3. The molecular formula is C23H32N2O5S. The van der Waals surface area contributed by atoms with E-state index in [1.807, 2.05) is 26.0 Å². The molecule has 31 heavy (non-hydrogen) atoms. The van der Waals surface area contributed by atoms with Crippen molar-refractivity contribution in [3.8, 4) is 11.5 Å². The highest BCUT2D eigenvalue weighted by Gasteiger charge is 2.23. The molecule has 0 unspecified atom stereocenters. The Hall–Kier alpha value is -2.58. The molecule has 0 radical (unpaired) electrons. The van der Waals surface area contributed by atoms with Gasteiger partial charge in [-0.15, -0.1) is 0 Å². The Morgan fingerprint density at radius 1 is 0.968 bits per heavy atom. The number of anilines is 1. The predicted octanol–water partition coefficient (Wildman–Crippen LogP) is 3.92. The van der Waals surface area contributed by atoms with Crippen LogP contribution in [0.5, 0.6) is 11.5 Å². The zero-order valence-corrected chi connectivity index (χ0v) is 19.9. The predicted molar refractivity (Wildman–Crippen MR) is 123 cm³/mol. The highest BCUT2D eigenvalue weighted by molar-refractivity contribution is 7.89. The maximum Gasteiger partial charge on any atom is 0.243 e. The molecule has 2 aromatic rings. The monoisotopic (exact) mass is 448 g/mol. The molecule has 7 nitrogen and oxygen atoms in total. The third-order valence-electron chi connectivity index (χ3n) is 5.31. The lowest BCUT2D eigenvalue weighted by Crippen LogP contribution is -2.30. The van der Waals surface area contributed by atoms with E-state index < -0.39 is 10.0 Å². The van der Waals surface area contributed by atoms with Crippen molar-refractivity contribution in [2.45, 2.75) is 45.4 Å². The van der Waals surface area contributed by atoms with Gasteiger partial charge in [-0.05, 0) is 61.2 Å². The van der Waals surface area contributed by atoms with E-state index in [9.17, 15) is 13.2 Å². The van der Waals surface area contributed by atoms with Gasteiger partial charge in [0.05, 0.1) is 19.1 Å². The fourth-order valence-electron chi connectivity index (χ4n) is 3.30. The molecule has 0 saturated heterocycles. The Kier molecular flexibility index (Phi) is 8.47. The summed E-state index contributed by atoms with van der Waals surface area (Å²) in [6.45, 7) is 8.09. The summed E-state index contributed by atoms with van der Waals surface area (Å²) in [6.07, 6.45) is 0.733. The van der Waals surface area contributed by atoms with Gasteiger partial charge < -0.3 is 14.8 Å². The molecular weight excluding hydrogens is 416 g/mol. The van der Waals surface area contributed by atoms with Crippen LogP contribution in [-0.2, 0) is 21.2 Å². The molecule has 0 spiro atoms. The van der Waals surface area contributed by atoms with E-state index in [-0.39, 0.29) is 17.2 Å². The van der Waals surface area contributed by atoms with Crippen LogP contribution in [0.4, 0.5) is 5.69 Å². The number of carbonyl (C=O) groups excluding carboxylic acids is 1.